The van der Waals surface area contributed by atoms with E-state index in [0.29, 0.717) is 11.3 Å². The number of fused-ring (bicyclic) bond motifs is 3. The molecule has 224 valence electrons. The average molecular weight is 671 g/mol. The molecule has 2 aliphatic rings. The Bertz CT molecular complexity index is 1290. The molecule has 3 heteroatoms. The number of benzene rings is 2. The van der Waals surface area contributed by atoms with Crippen LogP contribution in [-0.2, 0) is 35.1 Å². The molecular formula is C38H52Cl2Zr-2. The van der Waals surface area contributed by atoms with Gasteiger partial charge < -0.3 is 24.8 Å². The summed E-state index contributed by atoms with van der Waals surface area (Å²) in [5.41, 5.74) is 6.31. The maximum absolute atomic E-state index is 3.40. The Morgan fingerprint density at radius 3 is 1.41 bits per heavy atom. The second-order valence-corrected chi connectivity index (χ2v) is 16.5. The second kappa shape index (κ2) is 15.2. The van der Waals surface area contributed by atoms with Crippen molar-refractivity contribution in [1.82, 2.24) is 0 Å². The Morgan fingerprint density at radius 1 is 0.707 bits per heavy atom. The summed E-state index contributed by atoms with van der Waals surface area (Å²) in [6.07, 6.45) is 13.0. The zero-order valence-electron chi connectivity index (χ0n) is 27.5. The Labute approximate surface area is 279 Å². The van der Waals surface area contributed by atoms with Crippen LogP contribution in [0.3, 0.4) is 0 Å². The topological polar surface area (TPSA) is 0 Å². The molecule has 41 heavy (non-hydrogen) atoms. The third-order valence-corrected chi connectivity index (χ3v) is 9.20. The van der Waals surface area contributed by atoms with Crippen molar-refractivity contribution in [2.75, 3.05) is 0 Å². The Kier molecular flexibility index (Phi) is 14.2. The molecule has 0 spiro atoms. The fourth-order valence-corrected chi connectivity index (χ4v) is 6.45. The van der Waals surface area contributed by atoms with Crippen LogP contribution in [0.4, 0.5) is 0 Å². The van der Waals surface area contributed by atoms with Crippen molar-refractivity contribution in [3.05, 3.63) is 76.9 Å². The summed E-state index contributed by atoms with van der Waals surface area (Å²) in [5, 5.41) is 5.48. The van der Waals surface area contributed by atoms with Crippen LogP contribution in [0.15, 0.2) is 59.7 Å². The van der Waals surface area contributed by atoms with E-state index in [-0.39, 0.29) is 35.6 Å². The number of hydrogen-bond acceptors (Lipinski definition) is 0. The molecular weight excluding hydrogens is 619 g/mol. The predicted molar refractivity (Wildman–Crippen MR) is 172 cm³/mol. The summed E-state index contributed by atoms with van der Waals surface area (Å²) >= 11 is 1.69. The molecule has 0 bridgehead atoms. The van der Waals surface area contributed by atoms with Gasteiger partial charge in [0, 0.05) is 0 Å². The van der Waals surface area contributed by atoms with Crippen LogP contribution in [0.2, 0.25) is 0 Å². The van der Waals surface area contributed by atoms with Crippen molar-refractivity contribution in [3.63, 3.8) is 0 Å². The van der Waals surface area contributed by atoms with Gasteiger partial charge in [0.1, 0.15) is 0 Å². The monoisotopic (exact) mass is 668 g/mol. The summed E-state index contributed by atoms with van der Waals surface area (Å²) in [4.78, 5) is 0. The van der Waals surface area contributed by atoms with Gasteiger partial charge in [-0.2, -0.15) is 11.6 Å². The quantitative estimate of drug-likeness (QED) is 0.284. The first kappa shape index (κ1) is 38.1. The van der Waals surface area contributed by atoms with Crippen LogP contribution in [0, 0.1) is 17.4 Å². The van der Waals surface area contributed by atoms with E-state index in [2.05, 4.69) is 131 Å². The predicted octanol–water partition coefficient (Wildman–Crippen LogP) is 5.34. The van der Waals surface area contributed by atoms with Crippen LogP contribution in [0.1, 0.15) is 119 Å². The second-order valence-electron chi connectivity index (χ2n) is 14.8. The van der Waals surface area contributed by atoms with Crippen molar-refractivity contribution in [1.29, 1.82) is 0 Å². The molecule has 0 heterocycles. The van der Waals surface area contributed by atoms with Gasteiger partial charge in [0.25, 0.3) is 0 Å². The fraction of sp³-hybridized carbons (Fsp3) is 0.526. The van der Waals surface area contributed by atoms with Crippen molar-refractivity contribution in [3.8, 4) is 0 Å². The summed E-state index contributed by atoms with van der Waals surface area (Å²) in [6, 6.07) is 16.2. The Balaban J connectivity index is 0.000000353. The van der Waals surface area contributed by atoms with Gasteiger partial charge in [0.15, 0.2) is 0 Å². The molecule has 1 unspecified atom stereocenters. The number of rotatable bonds is 0. The van der Waals surface area contributed by atoms with Gasteiger partial charge >= 0.3 is 59.5 Å². The molecule has 2 aliphatic carbocycles. The van der Waals surface area contributed by atoms with Gasteiger partial charge in [0.2, 0.25) is 0 Å². The van der Waals surface area contributed by atoms with E-state index in [1.165, 1.54) is 75.9 Å². The van der Waals surface area contributed by atoms with Crippen LogP contribution in [0.25, 0.3) is 21.5 Å². The molecule has 0 N–H and O–H groups in total. The Hall–Kier alpha value is -0.877. The first-order chi connectivity index (χ1) is 18.0. The SMILES string of the molecule is CC(C)(C)c1ccc2c(c1)[cH-]c1cc(C(C)(C)C)ccc12.CC1=[C-]C(C)C=C1C(C)(C)C.[Cl-].[Cl-].[Zr+2]=[C]1CCCCC1. The van der Waals surface area contributed by atoms with Crippen molar-refractivity contribution in [2.45, 2.75) is 119 Å². The molecule has 3 aromatic rings. The molecule has 0 nitrogen and oxygen atoms in total. The van der Waals surface area contributed by atoms with E-state index in [9.17, 15) is 0 Å². The van der Waals surface area contributed by atoms with Crippen molar-refractivity contribution in [2.24, 2.45) is 11.3 Å². The summed E-state index contributed by atoms with van der Waals surface area (Å²) in [7, 11) is 0. The first-order valence-corrected chi connectivity index (χ1v) is 16.2. The minimum atomic E-state index is 0. The zero-order valence-corrected chi connectivity index (χ0v) is 31.5. The van der Waals surface area contributed by atoms with Crippen molar-refractivity contribution < 1.29 is 49.0 Å². The van der Waals surface area contributed by atoms with Crippen LogP contribution in [0.5, 0.6) is 0 Å². The maximum atomic E-state index is 3.40. The fourth-order valence-electron chi connectivity index (χ4n) is 5.58. The van der Waals surface area contributed by atoms with E-state index in [0.717, 1.165) is 0 Å². The van der Waals surface area contributed by atoms with Crippen LogP contribution >= 0.6 is 0 Å². The van der Waals surface area contributed by atoms with Crippen LogP contribution < -0.4 is 24.8 Å². The van der Waals surface area contributed by atoms with E-state index < -0.39 is 0 Å². The summed E-state index contributed by atoms with van der Waals surface area (Å²) in [5.74, 6) is 0.518. The minimum absolute atomic E-state index is 0. The van der Waals surface area contributed by atoms with Gasteiger partial charge in [0.05, 0.1) is 0 Å². The van der Waals surface area contributed by atoms with Gasteiger partial charge in [-0.3, -0.25) is 6.08 Å². The van der Waals surface area contributed by atoms with Gasteiger partial charge in [-0.15, -0.1) is 39.7 Å². The average Bonchev–Trinajstić information content (AvgIpc) is 3.37. The first-order valence-electron chi connectivity index (χ1n) is 15.0. The van der Waals surface area contributed by atoms with Crippen LogP contribution in [-0.4, -0.2) is 3.21 Å². The Morgan fingerprint density at radius 2 is 1.15 bits per heavy atom. The summed E-state index contributed by atoms with van der Waals surface area (Å²) < 4.78 is 1.80. The molecule has 0 amide bonds. The van der Waals surface area contributed by atoms with E-state index in [4.69, 9.17) is 0 Å². The molecule has 0 saturated heterocycles. The molecule has 5 rings (SSSR count). The van der Waals surface area contributed by atoms with Crippen molar-refractivity contribution >= 4 is 24.8 Å². The number of hydrogen-bond donors (Lipinski definition) is 0. The molecule has 1 fully saturated rings. The normalized spacial score (nSPS) is 17.4. The molecule has 0 aromatic heterocycles. The molecule has 1 atom stereocenters. The van der Waals surface area contributed by atoms with E-state index in [1.807, 2.05) is 0 Å². The van der Waals surface area contributed by atoms with Gasteiger partial charge in [-0.05, 0) is 10.8 Å². The third kappa shape index (κ3) is 10.7. The third-order valence-electron chi connectivity index (χ3n) is 7.97. The number of halogens is 2. The molecule has 0 aliphatic heterocycles. The number of allylic oxidation sites excluding steroid dienone is 4. The van der Waals surface area contributed by atoms with Gasteiger partial charge in [-0.1, -0.05) is 123 Å². The standard InChI is InChI=1S/C21H25.C11H17.C6H10.2ClH.Zr/c1-20(2,3)16-7-9-18-14(12-16)11-15-13-17(21(4,5)6)8-10-19(15)18;1-8-6-9(2)10(7-8)11(3,4)5;1-2-4-6-5-3-1;;;/h7-13H,1-6H3;7-8H,1-5H3;1-5H2;2*1H;/q2*-1;;;;+2/p-2. The summed E-state index contributed by atoms with van der Waals surface area (Å²) in [6.45, 7) is 24.7. The molecule has 3 aromatic carbocycles. The van der Waals surface area contributed by atoms with E-state index in [1.54, 1.807) is 27.4 Å². The molecule has 0 radical (unpaired) electrons. The van der Waals surface area contributed by atoms with Gasteiger partial charge in [-0.25, -0.2) is 5.57 Å². The van der Waals surface area contributed by atoms with E-state index >= 15 is 0 Å². The zero-order chi connectivity index (χ0) is 29.2. The molecule has 1 saturated carbocycles.